The smallest absolute Gasteiger partial charge is 0.238 e. The van der Waals surface area contributed by atoms with E-state index in [9.17, 15) is 4.79 Å². The summed E-state index contributed by atoms with van der Waals surface area (Å²) in [5.74, 6) is -0.135. The van der Waals surface area contributed by atoms with Crippen LogP contribution in [0.5, 0.6) is 0 Å². The lowest BCUT2D eigenvalue weighted by Gasteiger charge is -2.26. The van der Waals surface area contributed by atoms with Gasteiger partial charge in [0.05, 0.1) is 13.2 Å². The Morgan fingerprint density at radius 1 is 1.30 bits per heavy atom. The zero-order valence-corrected chi connectivity index (χ0v) is 12.5. The molecule has 110 valence electrons. The first kappa shape index (κ1) is 15.3. The van der Waals surface area contributed by atoms with Crippen LogP contribution in [-0.2, 0) is 22.6 Å². The van der Waals surface area contributed by atoms with Crippen molar-refractivity contribution in [3.63, 3.8) is 0 Å². The predicted octanol–water partition coefficient (Wildman–Crippen LogP) is 1.76. The number of benzene rings is 1. The van der Waals surface area contributed by atoms with Crippen molar-refractivity contribution in [2.45, 2.75) is 25.4 Å². The number of hydrogen-bond acceptors (Lipinski definition) is 3. The normalized spacial score (nSPS) is 17.7. The number of carbonyl (C=O) groups is 1. The molecule has 1 aromatic rings. The molecule has 0 radical (unpaired) electrons. The maximum atomic E-state index is 11.4. The van der Waals surface area contributed by atoms with E-state index >= 15 is 0 Å². The minimum atomic E-state index is -0.490. The second-order valence-electron chi connectivity index (χ2n) is 5.04. The standard InChI is InChI=1S/C15H21ClN2O2/c1-12(16)15(19)17-10-13-2-4-14(5-3-13)11-18-6-8-20-9-7-18/h2-5,12H,6-11H2,1H3,(H,17,19)/t12-/m1/s1. The molecule has 1 aliphatic rings. The van der Waals surface area contributed by atoms with Gasteiger partial charge in [0.2, 0.25) is 5.91 Å². The minimum Gasteiger partial charge on any atom is -0.379 e. The highest BCUT2D eigenvalue weighted by Gasteiger charge is 2.11. The second-order valence-corrected chi connectivity index (χ2v) is 5.69. The minimum absolute atomic E-state index is 0.135. The van der Waals surface area contributed by atoms with Crippen LogP contribution in [0.3, 0.4) is 0 Å². The third kappa shape index (κ3) is 4.78. The molecule has 0 aliphatic carbocycles. The Kier molecular flexibility index (Phi) is 5.83. The molecule has 1 N–H and O–H groups in total. The highest BCUT2D eigenvalue weighted by atomic mass is 35.5. The van der Waals surface area contributed by atoms with Gasteiger partial charge in [0.1, 0.15) is 5.38 Å². The molecular weight excluding hydrogens is 276 g/mol. The summed E-state index contributed by atoms with van der Waals surface area (Å²) >= 11 is 5.70. The molecule has 0 bridgehead atoms. The Morgan fingerprint density at radius 2 is 1.90 bits per heavy atom. The summed E-state index contributed by atoms with van der Waals surface area (Å²) in [5.41, 5.74) is 2.37. The van der Waals surface area contributed by atoms with Gasteiger partial charge in [-0.2, -0.15) is 0 Å². The molecule has 1 aromatic carbocycles. The molecule has 1 fully saturated rings. The fourth-order valence-electron chi connectivity index (χ4n) is 2.11. The first-order valence-electron chi connectivity index (χ1n) is 6.95. The van der Waals surface area contributed by atoms with Crippen LogP contribution in [0.2, 0.25) is 0 Å². The van der Waals surface area contributed by atoms with Crippen LogP contribution in [0, 0.1) is 0 Å². The SMILES string of the molecule is C[C@@H](Cl)C(=O)NCc1ccc(CN2CCOCC2)cc1. The lowest BCUT2D eigenvalue weighted by atomic mass is 10.1. The first-order chi connectivity index (χ1) is 9.65. The van der Waals surface area contributed by atoms with Crippen LogP contribution in [0.25, 0.3) is 0 Å². The lowest BCUT2D eigenvalue weighted by molar-refractivity contribution is -0.120. The van der Waals surface area contributed by atoms with E-state index in [0.29, 0.717) is 6.54 Å². The van der Waals surface area contributed by atoms with Crippen LogP contribution in [0.1, 0.15) is 18.1 Å². The van der Waals surface area contributed by atoms with E-state index in [0.717, 1.165) is 38.4 Å². The molecule has 0 spiro atoms. The van der Waals surface area contributed by atoms with E-state index in [-0.39, 0.29) is 5.91 Å². The van der Waals surface area contributed by atoms with Gasteiger partial charge < -0.3 is 10.1 Å². The van der Waals surface area contributed by atoms with E-state index in [2.05, 4.69) is 34.5 Å². The number of halogens is 1. The maximum absolute atomic E-state index is 11.4. The quantitative estimate of drug-likeness (QED) is 0.842. The van der Waals surface area contributed by atoms with Gasteiger partial charge in [0.15, 0.2) is 0 Å². The summed E-state index contributed by atoms with van der Waals surface area (Å²) in [5, 5.41) is 2.31. The number of nitrogens with zero attached hydrogens (tertiary/aromatic N) is 1. The molecule has 1 heterocycles. The molecule has 1 aliphatic heterocycles. The van der Waals surface area contributed by atoms with Crippen molar-refractivity contribution >= 4 is 17.5 Å². The van der Waals surface area contributed by atoms with Crippen LogP contribution >= 0.6 is 11.6 Å². The number of ether oxygens (including phenoxy) is 1. The molecule has 1 saturated heterocycles. The van der Waals surface area contributed by atoms with Crippen LogP contribution in [-0.4, -0.2) is 42.5 Å². The predicted molar refractivity (Wildman–Crippen MR) is 79.7 cm³/mol. The molecule has 20 heavy (non-hydrogen) atoms. The van der Waals surface area contributed by atoms with E-state index in [1.54, 1.807) is 6.92 Å². The number of alkyl halides is 1. The fraction of sp³-hybridized carbons (Fsp3) is 0.533. The molecule has 4 nitrogen and oxygen atoms in total. The van der Waals surface area contributed by atoms with Crippen molar-refractivity contribution in [2.24, 2.45) is 0 Å². The highest BCUT2D eigenvalue weighted by molar-refractivity contribution is 6.30. The topological polar surface area (TPSA) is 41.6 Å². The Bertz CT molecular complexity index is 428. The van der Waals surface area contributed by atoms with Gasteiger partial charge >= 0.3 is 0 Å². The molecule has 0 saturated carbocycles. The third-order valence-corrected chi connectivity index (χ3v) is 3.56. The Hall–Kier alpha value is -1.10. The van der Waals surface area contributed by atoms with Gasteiger partial charge in [-0.15, -0.1) is 11.6 Å². The summed E-state index contributed by atoms with van der Waals surface area (Å²) in [6.07, 6.45) is 0. The molecule has 1 amide bonds. The van der Waals surface area contributed by atoms with E-state index in [1.165, 1.54) is 5.56 Å². The van der Waals surface area contributed by atoms with Crippen molar-refractivity contribution in [3.05, 3.63) is 35.4 Å². The van der Waals surface area contributed by atoms with Crippen LogP contribution in [0.4, 0.5) is 0 Å². The number of rotatable bonds is 5. The largest absolute Gasteiger partial charge is 0.379 e. The van der Waals surface area contributed by atoms with Gasteiger partial charge in [-0.1, -0.05) is 24.3 Å². The van der Waals surface area contributed by atoms with Crippen molar-refractivity contribution in [1.82, 2.24) is 10.2 Å². The molecule has 2 rings (SSSR count). The molecule has 0 unspecified atom stereocenters. The van der Waals surface area contributed by atoms with Crippen LogP contribution < -0.4 is 5.32 Å². The summed E-state index contributed by atoms with van der Waals surface area (Å²) in [6.45, 7) is 6.77. The number of carbonyl (C=O) groups excluding carboxylic acids is 1. The first-order valence-corrected chi connectivity index (χ1v) is 7.38. The van der Waals surface area contributed by atoms with E-state index in [4.69, 9.17) is 16.3 Å². The molecular formula is C15H21ClN2O2. The Balaban J connectivity index is 1.81. The fourth-order valence-corrected chi connectivity index (χ4v) is 2.19. The number of amides is 1. The highest BCUT2D eigenvalue weighted by Crippen LogP contribution is 2.09. The average Bonchev–Trinajstić information content (AvgIpc) is 2.47. The molecule has 0 aromatic heterocycles. The third-order valence-electron chi connectivity index (χ3n) is 3.36. The van der Waals surface area contributed by atoms with E-state index < -0.39 is 5.38 Å². The number of morpholine rings is 1. The Morgan fingerprint density at radius 3 is 2.50 bits per heavy atom. The zero-order chi connectivity index (χ0) is 14.4. The van der Waals surface area contributed by atoms with Crippen molar-refractivity contribution in [3.8, 4) is 0 Å². The monoisotopic (exact) mass is 296 g/mol. The van der Waals surface area contributed by atoms with E-state index in [1.807, 2.05) is 0 Å². The van der Waals surface area contributed by atoms with Gasteiger partial charge in [0, 0.05) is 26.2 Å². The second kappa shape index (κ2) is 7.62. The van der Waals surface area contributed by atoms with Crippen molar-refractivity contribution in [1.29, 1.82) is 0 Å². The summed E-state index contributed by atoms with van der Waals surface area (Å²) in [6, 6.07) is 8.33. The van der Waals surface area contributed by atoms with Gasteiger partial charge in [-0.25, -0.2) is 0 Å². The average molecular weight is 297 g/mol. The molecule has 5 heteroatoms. The number of hydrogen-bond donors (Lipinski definition) is 1. The van der Waals surface area contributed by atoms with Gasteiger partial charge in [0.25, 0.3) is 0 Å². The van der Waals surface area contributed by atoms with Crippen molar-refractivity contribution < 1.29 is 9.53 Å². The van der Waals surface area contributed by atoms with Crippen LogP contribution in [0.15, 0.2) is 24.3 Å². The van der Waals surface area contributed by atoms with Gasteiger partial charge in [-0.3, -0.25) is 9.69 Å². The molecule has 1 atom stereocenters. The van der Waals surface area contributed by atoms with Crippen molar-refractivity contribution in [2.75, 3.05) is 26.3 Å². The maximum Gasteiger partial charge on any atom is 0.238 e. The Labute approximate surface area is 125 Å². The summed E-state index contributed by atoms with van der Waals surface area (Å²) in [7, 11) is 0. The summed E-state index contributed by atoms with van der Waals surface area (Å²) in [4.78, 5) is 13.8. The lowest BCUT2D eigenvalue weighted by Crippen LogP contribution is -2.35. The van der Waals surface area contributed by atoms with Gasteiger partial charge in [-0.05, 0) is 18.1 Å². The number of nitrogens with one attached hydrogen (secondary N) is 1. The summed E-state index contributed by atoms with van der Waals surface area (Å²) < 4.78 is 5.34. The zero-order valence-electron chi connectivity index (χ0n) is 11.8.